The van der Waals surface area contributed by atoms with Crippen LogP contribution >= 0.6 is 22.9 Å². The van der Waals surface area contributed by atoms with Gasteiger partial charge in [-0.15, -0.1) is 11.3 Å². The van der Waals surface area contributed by atoms with Crippen LogP contribution < -0.4 is 10.7 Å². The van der Waals surface area contributed by atoms with Gasteiger partial charge in [-0.1, -0.05) is 23.7 Å². The van der Waals surface area contributed by atoms with Crippen molar-refractivity contribution in [2.24, 2.45) is 7.05 Å². The quantitative estimate of drug-likeness (QED) is 0.654. The molecule has 30 heavy (non-hydrogen) atoms. The van der Waals surface area contributed by atoms with Crippen LogP contribution in [-0.2, 0) is 24.9 Å². The molecule has 3 aromatic rings. The minimum absolute atomic E-state index is 0.165. The molecule has 0 atom stereocenters. The summed E-state index contributed by atoms with van der Waals surface area (Å²) < 4.78 is 7.31. The van der Waals surface area contributed by atoms with Crippen LogP contribution in [0.15, 0.2) is 35.3 Å². The summed E-state index contributed by atoms with van der Waals surface area (Å²) in [7, 11) is 1.88. The Kier molecular flexibility index (Phi) is 6.24. The fourth-order valence-corrected chi connectivity index (χ4v) is 5.07. The van der Waals surface area contributed by atoms with Crippen molar-refractivity contribution < 1.29 is 9.53 Å². The zero-order valence-corrected chi connectivity index (χ0v) is 18.6. The maximum atomic E-state index is 13.2. The molecule has 2 aromatic heterocycles. The van der Waals surface area contributed by atoms with Gasteiger partial charge in [0.15, 0.2) is 0 Å². The summed E-state index contributed by atoms with van der Waals surface area (Å²) in [6.07, 6.45) is 1.64. The van der Waals surface area contributed by atoms with Crippen LogP contribution in [0.5, 0.6) is 0 Å². The largest absolute Gasteiger partial charge is 0.379 e. The average molecular weight is 446 g/mol. The van der Waals surface area contributed by atoms with Crippen LogP contribution in [0.1, 0.15) is 26.4 Å². The van der Waals surface area contributed by atoms with Gasteiger partial charge in [0, 0.05) is 49.3 Å². The number of nitrogens with zero attached hydrogens (tertiary/aromatic N) is 2. The normalized spacial score (nSPS) is 14.9. The number of pyridine rings is 1. The molecule has 1 aromatic carbocycles. The minimum Gasteiger partial charge on any atom is -0.379 e. The van der Waals surface area contributed by atoms with Gasteiger partial charge in [-0.3, -0.25) is 14.5 Å². The Hall–Kier alpha value is -2.19. The molecular formula is C22H24ClN3O3S. The molecule has 1 aliphatic rings. The van der Waals surface area contributed by atoms with E-state index in [9.17, 15) is 9.59 Å². The molecule has 1 saturated heterocycles. The molecule has 0 bridgehead atoms. The zero-order valence-electron chi connectivity index (χ0n) is 17.0. The number of carbonyl (C=O) groups excluding carboxylic acids is 1. The molecule has 4 rings (SSSR count). The number of hydrogen-bond donors (Lipinski definition) is 1. The summed E-state index contributed by atoms with van der Waals surface area (Å²) in [6, 6.07) is 7.26. The molecule has 158 valence electrons. The highest BCUT2D eigenvalue weighted by molar-refractivity contribution is 7.18. The highest BCUT2D eigenvalue weighted by Gasteiger charge is 2.21. The monoisotopic (exact) mass is 445 g/mol. The van der Waals surface area contributed by atoms with Crippen molar-refractivity contribution >= 4 is 39.1 Å². The van der Waals surface area contributed by atoms with E-state index in [1.165, 1.54) is 4.88 Å². The molecule has 8 heteroatoms. The molecule has 1 N–H and O–H groups in total. The Morgan fingerprint density at radius 3 is 2.63 bits per heavy atom. The van der Waals surface area contributed by atoms with Crippen molar-refractivity contribution in [3.05, 3.63) is 67.3 Å². The first-order valence-corrected chi connectivity index (χ1v) is 11.1. The molecule has 0 unspecified atom stereocenters. The van der Waals surface area contributed by atoms with Crippen molar-refractivity contribution in [2.75, 3.05) is 26.3 Å². The van der Waals surface area contributed by atoms with Crippen LogP contribution in [0.3, 0.4) is 0 Å². The van der Waals surface area contributed by atoms with Crippen LogP contribution in [0.25, 0.3) is 10.2 Å². The van der Waals surface area contributed by atoms with Gasteiger partial charge in [-0.25, -0.2) is 0 Å². The predicted octanol–water partition coefficient (Wildman–Crippen LogP) is 3.32. The SMILES string of the molecule is Cc1c(CN2CCOCC2)sc2c1c(=O)c(C(=O)NCc1ccc(Cl)cc1)cn2C. The second kappa shape index (κ2) is 8.89. The number of rotatable bonds is 5. The Bertz CT molecular complexity index is 1130. The third-order valence-electron chi connectivity index (χ3n) is 5.42. The summed E-state index contributed by atoms with van der Waals surface area (Å²) in [5.74, 6) is -0.368. The lowest BCUT2D eigenvalue weighted by Crippen LogP contribution is -2.35. The fourth-order valence-electron chi connectivity index (χ4n) is 3.66. The van der Waals surface area contributed by atoms with Crippen LogP contribution in [0.2, 0.25) is 5.02 Å². The molecule has 0 saturated carbocycles. The van der Waals surface area contributed by atoms with E-state index in [2.05, 4.69) is 10.2 Å². The number of hydrogen-bond acceptors (Lipinski definition) is 5. The highest BCUT2D eigenvalue weighted by Crippen LogP contribution is 2.30. The maximum absolute atomic E-state index is 13.2. The highest BCUT2D eigenvalue weighted by atomic mass is 35.5. The molecule has 6 nitrogen and oxygen atoms in total. The predicted molar refractivity (Wildman–Crippen MR) is 121 cm³/mol. The second-order valence-electron chi connectivity index (χ2n) is 7.51. The molecule has 3 heterocycles. The first-order valence-electron chi connectivity index (χ1n) is 9.88. The van der Waals surface area contributed by atoms with E-state index in [0.717, 1.165) is 48.8 Å². The number of carbonyl (C=O) groups is 1. The topological polar surface area (TPSA) is 63.6 Å². The summed E-state index contributed by atoms with van der Waals surface area (Å²) in [6.45, 7) is 6.37. The van der Waals surface area contributed by atoms with Crippen molar-refractivity contribution in [2.45, 2.75) is 20.0 Å². The molecular weight excluding hydrogens is 422 g/mol. The molecule has 1 fully saturated rings. The number of thiophene rings is 1. The molecule has 0 radical (unpaired) electrons. The van der Waals surface area contributed by atoms with Crippen LogP contribution in [-0.4, -0.2) is 41.7 Å². The number of aromatic nitrogens is 1. The first-order chi connectivity index (χ1) is 14.4. The lowest BCUT2D eigenvalue weighted by atomic mass is 10.1. The van der Waals surface area contributed by atoms with E-state index < -0.39 is 0 Å². The Labute approximate surface area is 184 Å². The van der Waals surface area contributed by atoms with Gasteiger partial charge < -0.3 is 14.6 Å². The summed E-state index contributed by atoms with van der Waals surface area (Å²) in [4.78, 5) is 30.4. The third-order valence-corrected chi connectivity index (χ3v) is 7.04. The molecule has 0 spiro atoms. The van der Waals surface area contributed by atoms with Crippen LogP contribution in [0.4, 0.5) is 0 Å². The summed E-state index contributed by atoms with van der Waals surface area (Å²) in [5.41, 5.74) is 1.84. The van der Waals surface area contributed by atoms with Crippen molar-refractivity contribution in [3.63, 3.8) is 0 Å². The summed E-state index contributed by atoms with van der Waals surface area (Å²) >= 11 is 7.53. The van der Waals surface area contributed by atoms with Gasteiger partial charge in [0.2, 0.25) is 5.43 Å². The Balaban J connectivity index is 1.60. The lowest BCUT2D eigenvalue weighted by Gasteiger charge is -2.26. The number of nitrogens with one attached hydrogen (secondary N) is 1. The van der Waals surface area contributed by atoms with Gasteiger partial charge in [0.25, 0.3) is 5.91 Å². The van der Waals surface area contributed by atoms with E-state index in [1.54, 1.807) is 29.7 Å². The molecule has 0 aliphatic carbocycles. The zero-order chi connectivity index (χ0) is 21.3. The lowest BCUT2D eigenvalue weighted by molar-refractivity contribution is 0.0346. The minimum atomic E-state index is -0.368. The second-order valence-corrected chi connectivity index (χ2v) is 9.03. The number of ether oxygens (including phenoxy) is 1. The standard InChI is InChI=1S/C22H24ClN3O3S/c1-14-18(13-26-7-9-29-10-8-26)30-22-19(14)20(27)17(12-25(22)2)21(28)24-11-15-3-5-16(23)6-4-15/h3-6,12H,7-11,13H2,1-2H3,(H,24,28). The number of amides is 1. The van der Waals surface area contributed by atoms with E-state index >= 15 is 0 Å². The number of aryl methyl sites for hydroxylation is 2. The fraction of sp³-hybridized carbons (Fsp3) is 0.364. The molecule has 1 aliphatic heterocycles. The number of morpholine rings is 1. The maximum Gasteiger partial charge on any atom is 0.257 e. The van der Waals surface area contributed by atoms with Crippen molar-refractivity contribution in [1.29, 1.82) is 0 Å². The summed E-state index contributed by atoms with van der Waals surface area (Å²) in [5, 5.41) is 4.13. The van der Waals surface area contributed by atoms with Gasteiger partial charge in [0.1, 0.15) is 10.4 Å². The van der Waals surface area contributed by atoms with Gasteiger partial charge >= 0.3 is 0 Å². The average Bonchev–Trinajstić information content (AvgIpc) is 3.08. The van der Waals surface area contributed by atoms with Crippen molar-refractivity contribution in [1.82, 2.24) is 14.8 Å². The van der Waals surface area contributed by atoms with Gasteiger partial charge in [-0.05, 0) is 30.2 Å². The Morgan fingerprint density at radius 2 is 1.93 bits per heavy atom. The smallest absolute Gasteiger partial charge is 0.257 e. The van der Waals surface area contributed by atoms with E-state index in [-0.39, 0.29) is 16.9 Å². The van der Waals surface area contributed by atoms with E-state index in [0.29, 0.717) is 17.0 Å². The number of halogens is 1. The van der Waals surface area contributed by atoms with Crippen molar-refractivity contribution in [3.8, 4) is 0 Å². The number of benzene rings is 1. The Morgan fingerprint density at radius 1 is 1.23 bits per heavy atom. The van der Waals surface area contributed by atoms with E-state index in [4.69, 9.17) is 16.3 Å². The van der Waals surface area contributed by atoms with Crippen LogP contribution in [0, 0.1) is 6.92 Å². The van der Waals surface area contributed by atoms with Gasteiger partial charge in [0.05, 0.1) is 18.6 Å². The first kappa shape index (κ1) is 21.1. The third kappa shape index (κ3) is 4.30. The van der Waals surface area contributed by atoms with E-state index in [1.807, 2.05) is 30.7 Å². The molecule has 1 amide bonds. The van der Waals surface area contributed by atoms with Gasteiger partial charge in [-0.2, -0.15) is 0 Å². The number of fused-ring (bicyclic) bond motifs is 1.